The number of aromatic amines is 1. The highest BCUT2D eigenvalue weighted by Crippen LogP contribution is 2.20. The van der Waals surface area contributed by atoms with E-state index in [2.05, 4.69) is 15.2 Å². The van der Waals surface area contributed by atoms with Gasteiger partial charge in [0.15, 0.2) is 0 Å². The van der Waals surface area contributed by atoms with Crippen LogP contribution >= 0.6 is 0 Å². The highest BCUT2D eigenvalue weighted by molar-refractivity contribution is 5.65. The minimum absolute atomic E-state index is 0.465. The normalized spacial score (nSPS) is 10.2. The molecule has 0 spiro atoms. The summed E-state index contributed by atoms with van der Waals surface area (Å²) < 4.78 is 5.01. The van der Waals surface area contributed by atoms with Crippen molar-refractivity contribution in [3.8, 4) is 11.5 Å². The van der Waals surface area contributed by atoms with Crippen LogP contribution in [0.1, 0.15) is 0 Å². The van der Waals surface area contributed by atoms with E-state index in [1.807, 2.05) is 0 Å². The second-order valence-corrected chi connectivity index (χ2v) is 2.03. The molecule has 5 nitrogen and oxygen atoms in total. The molecule has 0 radical (unpaired) electrons. The Morgan fingerprint density at radius 3 is 3.00 bits per heavy atom. The van der Waals surface area contributed by atoms with Gasteiger partial charge in [-0.25, -0.2) is 4.98 Å². The third-order valence-electron chi connectivity index (χ3n) is 1.33. The standard InChI is InChI=1S/C6H6N4O/c7-5-4(3-9-10-5)6-8-1-2-11-6/h1-3H,(H3,7,9,10). The maximum Gasteiger partial charge on any atom is 0.231 e. The monoisotopic (exact) mass is 150 g/mol. The Balaban J connectivity index is 2.53. The average molecular weight is 150 g/mol. The average Bonchev–Trinajstić information content (AvgIpc) is 2.55. The van der Waals surface area contributed by atoms with Gasteiger partial charge in [-0.3, -0.25) is 5.10 Å². The van der Waals surface area contributed by atoms with Crippen LogP contribution in [0.2, 0.25) is 0 Å². The number of H-pyrrole nitrogens is 1. The topological polar surface area (TPSA) is 80.7 Å². The van der Waals surface area contributed by atoms with E-state index in [1.54, 1.807) is 12.4 Å². The van der Waals surface area contributed by atoms with Gasteiger partial charge >= 0.3 is 0 Å². The van der Waals surface area contributed by atoms with Crippen LogP contribution in [0.15, 0.2) is 23.1 Å². The molecule has 0 aliphatic heterocycles. The van der Waals surface area contributed by atoms with Crippen molar-refractivity contribution < 1.29 is 4.42 Å². The third kappa shape index (κ3) is 0.861. The van der Waals surface area contributed by atoms with Crippen LogP contribution in [-0.2, 0) is 0 Å². The summed E-state index contributed by atoms with van der Waals surface area (Å²) in [6.45, 7) is 0. The van der Waals surface area contributed by atoms with Crippen LogP contribution in [-0.4, -0.2) is 15.2 Å². The molecule has 56 valence electrons. The summed E-state index contributed by atoms with van der Waals surface area (Å²) in [5.74, 6) is 0.948. The maximum atomic E-state index is 5.51. The van der Waals surface area contributed by atoms with E-state index >= 15 is 0 Å². The predicted molar refractivity (Wildman–Crippen MR) is 38.5 cm³/mol. The number of hydrogen-bond acceptors (Lipinski definition) is 4. The molecule has 2 aromatic heterocycles. The van der Waals surface area contributed by atoms with Crippen LogP contribution in [0.3, 0.4) is 0 Å². The van der Waals surface area contributed by atoms with Crippen molar-refractivity contribution in [3.63, 3.8) is 0 Å². The first-order chi connectivity index (χ1) is 5.38. The Kier molecular flexibility index (Phi) is 1.15. The lowest BCUT2D eigenvalue weighted by atomic mass is 10.3. The highest BCUT2D eigenvalue weighted by atomic mass is 16.3. The molecule has 3 N–H and O–H groups in total. The Hall–Kier alpha value is -1.78. The molecule has 0 fully saturated rings. The van der Waals surface area contributed by atoms with Crippen molar-refractivity contribution in [1.29, 1.82) is 0 Å². The molecule has 0 unspecified atom stereocenters. The quantitative estimate of drug-likeness (QED) is 0.625. The van der Waals surface area contributed by atoms with E-state index in [-0.39, 0.29) is 0 Å². The lowest BCUT2D eigenvalue weighted by Crippen LogP contribution is -1.86. The molecule has 0 aromatic carbocycles. The first kappa shape index (κ1) is 5.96. The van der Waals surface area contributed by atoms with Crippen LogP contribution in [0.4, 0.5) is 5.82 Å². The van der Waals surface area contributed by atoms with E-state index in [0.29, 0.717) is 17.3 Å². The number of nitrogens with one attached hydrogen (secondary N) is 1. The van der Waals surface area contributed by atoms with E-state index < -0.39 is 0 Å². The fraction of sp³-hybridized carbons (Fsp3) is 0. The zero-order valence-corrected chi connectivity index (χ0v) is 5.61. The van der Waals surface area contributed by atoms with Gasteiger partial charge in [0.2, 0.25) is 5.89 Å². The molecule has 2 heterocycles. The zero-order chi connectivity index (χ0) is 7.68. The van der Waals surface area contributed by atoms with Gasteiger partial charge in [-0.2, -0.15) is 5.10 Å². The molecule has 0 saturated heterocycles. The van der Waals surface area contributed by atoms with Gasteiger partial charge in [0.1, 0.15) is 12.1 Å². The summed E-state index contributed by atoms with van der Waals surface area (Å²) in [6.07, 6.45) is 4.62. The summed E-state index contributed by atoms with van der Waals surface area (Å²) in [5.41, 5.74) is 6.20. The molecule has 2 rings (SSSR count). The SMILES string of the molecule is Nc1[nH]ncc1-c1ncco1. The predicted octanol–water partition coefficient (Wildman–Crippen LogP) is 0.647. The third-order valence-corrected chi connectivity index (χ3v) is 1.33. The second-order valence-electron chi connectivity index (χ2n) is 2.03. The summed E-state index contributed by atoms with van der Waals surface area (Å²) in [6, 6.07) is 0. The first-order valence-electron chi connectivity index (χ1n) is 3.06. The summed E-state index contributed by atoms with van der Waals surface area (Å²) >= 11 is 0. The number of oxazole rings is 1. The van der Waals surface area contributed by atoms with Crippen molar-refractivity contribution in [3.05, 3.63) is 18.7 Å². The van der Waals surface area contributed by atoms with Gasteiger partial charge in [-0.1, -0.05) is 0 Å². The van der Waals surface area contributed by atoms with Crippen LogP contribution in [0.5, 0.6) is 0 Å². The number of aromatic nitrogens is 3. The molecule has 0 amide bonds. The molecule has 2 aromatic rings. The van der Waals surface area contributed by atoms with Crippen molar-refractivity contribution >= 4 is 5.82 Å². The van der Waals surface area contributed by atoms with Crippen molar-refractivity contribution in [2.45, 2.75) is 0 Å². The molecule has 0 saturated carbocycles. The van der Waals surface area contributed by atoms with Gasteiger partial charge in [-0.15, -0.1) is 0 Å². The van der Waals surface area contributed by atoms with E-state index in [1.165, 1.54) is 6.26 Å². The Bertz CT molecular complexity index is 337. The molecular formula is C6H6N4O. The Morgan fingerprint density at radius 2 is 2.45 bits per heavy atom. The number of nitrogens with two attached hydrogens (primary N) is 1. The van der Waals surface area contributed by atoms with E-state index in [9.17, 15) is 0 Å². The fourth-order valence-corrected chi connectivity index (χ4v) is 0.823. The smallest absolute Gasteiger partial charge is 0.231 e. The number of anilines is 1. The Labute approximate surface area is 62.2 Å². The minimum atomic E-state index is 0.465. The Morgan fingerprint density at radius 1 is 1.55 bits per heavy atom. The van der Waals surface area contributed by atoms with Gasteiger partial charge in [0, 0.05) is 0 Å². The van der Waals surface area contributed by atoms with Crippen LogP contribution in [0, 0.1) is 0 Å². The molecule has 0 bridgehead atoms. The fourth-order valence-electron chi connectivity index (χ4n) is 0.823. The summed E-state index contributed by atoms with van der Waals surface area (Å²) in [5, 5.41) is 6.31. The molecular weight excluding hydrogens is 144 g/mol. The zero-order valence-electron chi connectivity index (χ0n) is 5.61. The number of nitrogens with zero attached hydrogens (tertiary/aromatic N) is 2. The van der Waals surface area contributed by atoms with Gasteiger partial charge < -0.3 is 10.2 Å². The number of hydrogen-bond donors (Lipinski definition) is 2. The molecule has 5 heteroatoms. The lowest BCUT2D eigenvalue weighted by molar-refractivity contribution is 0.575. The van der Waals surface area contributed by atoms with Crippen LogP contribution in [0.25, 0.3) is 11.5 Å². The first-order valence-corrected chi connectivity index (χ1v) is 3.06. The number of rotatable bonds is 1. The van der Waals surface area contributed by atoms with Gasteiger partial charge in [-0.05, 0) is 0 Å². The highest BCUT2D eigenvalue weighted by Gasteiger charge is 2.07. The van der Waals surface area contributed by atoms with E-state index in [4.69, 9.17) is 10.2 Å². The van der Waals surface area contributed by atoms with Gasteiger partial charge in [0.25, 0.3) is 0 Å². The second kappa shape index (κ2) is 2.12. The van der Waals surface area contributed by atoms with E-state index in [0.717, 1.165) is 0 Å². The molecule has 0 atom stereocenters. The summed E-state index contributed by atoms with van der Waals surface area (Å²) in [4.78, 5) is 3.91. The largest absolute Gasteiger partial charge is 0.444 e. The van der Waals surface area contributed by atoms with Crippen molar-refractivity contribution in [2.24, 2.45) is 0 Å². The van der Waals surface area contributed by atoms with Crippen molar-refractivity contribution in [2.75, 3.05) is 5.73 Å². The number of nitrogen functional groups attached to an aromatic ring is 1. The minimum Gasteiger partial charge on any atom is -0.444 e. The maximum absolute atomic E-state index is 5.51. The lowest BCUT2D eigenvalue weighted by Gasteiger charge is -1.88. The molecule has 11 heavy (non-hydrogen) atoms. The van der Waals surface area contributed by atoms with Crippen molar-refractivity contribution in [1.82, 2.24) is 15.2 Å². The van der Waals surface area contributed by atoms with Gasteiger partial charge in [0.05, 0.1) is 18.0 Å². The summed E-state index contributed by atoms with van der Waals surface area (Å²) in [7, 11) is 0. The van der Waals surface area contributed by atoms with Crippen LogP contribution < -0.4 is 5.73 Å². The molecule has 0 aliphatic rings. The molecule has 0 aliphatic carbocycles.